The normalized spacial score (nSPS) is 9.89. The van der Waals surface area contributed by atoms with Crippen LogP contribution in [0.15, 0.2) is 18.7 Å². The van der Waals surface area contributed by atoms with Crippen LogP contribution in [0.2, 0.25) is 0 Å². The molecule has 6 nitrogen and oxygen atoms in total. The van der Waals surface area contributed by atoms with Gasteiger partial charge in [-0.1, -0.05) is 6.08 Å². The van der Waals surface area contributed by atoms with Gasteiger partial charge in [0, 0.05) is 6.54 Å². The molecule has 0 radical (unpaired) electrons. The highest BCUT2D eigenvalue weighted by Gasteiger charge is 2.04. The minimum Gasteiger partial charge on any atom is -0.481 e. The van der Waals surface area contributed by atoms with Crippen molar-refractivity contribution in [2.75, 3.05) is 39.3 Å². The molecule has 18 heavy (non-hydrogen) atoms. The first-order chi connectivity index (χ1) is 8.80. The first kappa shape index (κ1) is 14.2. The number of hydrogen-bond acceptors (Lipinski definition) is 6. The van der Waals surface area contributed by atoms with Crippen LogP contribution in [-0.2, 0) is 4.74 Å². The molecule has 1 aromatic rings. The summed E-state index contributed by atoms with van der Waals surface area (Å²) in [6.45, 7) is 5.49. The lowest BCUT2D eigenvalue weighted by Gasteiger charge is -2.08. The van der Waals surface area contributed by atoms with Gasteiger partial charge < -0.3 is 19.5 Å². The molecule has 0 unspecified atom stereocenters. The average Bonchev–Trinajstić information content (AvgIpc) is 2.42. The highest BCUT2D eigenvalue weighted by molar-refractivity contribution is 5.33. The van der Waals surface area contributed by atoms with E-state index in [0.29, 0.717) is 37.5 Å². The summed E-state index contributed by atoms with van der Waals surface area (Å²) in [6.07, 6.45) is 2.67. The Morgan fingerprint density at radius 2 is 1.89 bits per heavy atom. The SMILES string of the molecule is C=CCCOCCNc1nc(OC)cc(OC)n1. The first-order valence-electron chi connectivity index (χ1n) is 5.69. The molecule has 1 aromatic heterocycles. The van der Waals surface area contributed by atoms with Gasteiger partial charge in [0.2, 0.25) is 17.7 Å². The van der Waals surface area contributed by atoms with Crippen molar-refractivity contribution in [3.05, 3.63) is 18.7 Å². The Balaban J connectivity index is 2.38. The molecule has 0 atom stereocenters. The fraction of sp³-hybridized carbons (Fsp3) is 0.500. The summed E-state index contributed by atoms with van der Waals surface area (Å²) in [4.78, 5) is 8.28. The van der Waals surface area contributed by atoms with Crippen molar-refractivity contribution in [1.29, 1.82) is 0 Å². The molecule has 0 bridgehead atoms. The van der Waals surface area contributed by atoms with Gasteiger partial charge in [-0.15, -0.1) is 6.58 Å². The van der Waals surface area contributed by atoms with Crippen LogP contribution < -0.4 is 14.8 Å². The van der Waals surface area contributed by atoms with E-state index in [9.17, 15) is 0 Å². The van der Waals surface area contributed by atoms with Gasteiger partial charge in [0.15, 0.2) is 0 Å². The van der Waals surface area contributed by atoms with Gasteiger partial charge in [-0.05, 0) is 6.42 Å². The van der Waals surface area contributed by atoms with E-state index in [1.165, 1.54) is 0 Å². The van der Waals surface area contributed by atoms with Gasteiger partial charge >= 0.3 is 0 Å². The largest absolute Gasteiger partial charge is 0.481 e. The minimum atomic E-state index is 0.455. The standard InChI is InChI=1S/C12H19N3O3/c1-4-5-7-18-8-6-13-12-14-10(16-2)9-11(15-12)17-3/h4,9H,1,5-8H2,2-3H3,(H,13,14,15). The zero-order valence-corrected chi connectivity index (χ0v) is 10.8. The lowest BCUT2D eigenvalue weighted by atomic mass is 10.4. The third-order valence-electron chi connectivity index (χ3n) is 2.09. The molecular formula is C12H19N3O3. The predicted molar refractivity (Wildman–Crippen MR) is 69.3 cm³/mol. The number of ether oxygens (including phenoxy) is 3. The highest BCUT2D eigenvalue weighted by atomic mass is 16.5. The second-order valence-corrected chi connectivity index (χ2v) is 3.39. The van der Waals surface area contributed by atoms with E-state index in [2.05, 4.69) is 21.9 Å². The van der Waals surface area contributed by atoms with Crippen LogP contribution in [0.25, 0.3) is 0 Å². The molecule has 0 spiro atoms. The average molecular weight is 253 g/mol. The summed E-state index contributed by atoms with van der Waals surface area (Å²) in [7, 11) is 3.09. The highest BCUT2D eigenvalue weighted by Crippen LogP contribution is 2.16. The molecule has 0 aliphatic heterocycles. The lowest BCUT2D eigenvalue weighted by Crippen LogP contribution is -2.12. The smallest absolute Gasteiger partial charge is 0.229 e. The number of aromatic nitrogens is 2. The van der Waals surface area contributed by atoms with Gasteiger partial charge in [0.05, 0.1) is 33.5 Å². The van der Waals surface area contributed by atoms with Gasteiger partial charge in [0.1, 0.15) is 0 Å². The summed E-state index contributed by atoms with van der Waals surface area (Å²) < 4.78 is 15.4. The van der Waals surface area contributed by atoms with Crippen LogP contribution in [0, 0.1) is 0 Å². The van der Waals surface area contributed by atoms with Crippen molar-refractivity contribution in [3.8, 4) is 11.8 Å². The lowest BCUT2D eigenvalue weighted by molar-refractivity contribution is 0.148. The van der Waals surface area contributed by atoms with Crippen molar-refractivity contribution >= 4 is 5.95 Å². The quantitative estimate of drug-likeness (QED) is 0.531. The van der Waals surface area contributed by atoms with Crippen molar-refractivity contribution < 1.29 is 14.2 Å². The van der Waals surface area contributed by atoms with Gasteiger partial charge in [0.25, 0.3) is 0 Å². The summed E-state index contributed by atoms with van der Waals surface area (Å²) >= 11 is 0. The third kappa shape index (κ3) is 5.01. The maximum atomic E-state index is 5.36. The zero-order valence-electron chi connectivity index (χ0n) is 10.8. The van der Waals surface area contributed by atoms with E-state index in [1.807, 2.05) is 6.08 Å². The predicted octanol–water partition coefficient (Wildman–Crippen LogP) is 1.50. The molecule has 0 amide bonds. The van der Waals surface area contributed by atoms with Gasteiger partial charge in [-0.3, -0.25) is 0 Å². The molecule has 0 aliphatic carbocycles. The molecule has 0 saturated heterocycles. The van der Waals surface area contributed by atoms with Crippen molar-refractivity contribution in [3.63, 3.8) is 0 Å². The van der Waals surface area contributed by atoms with Crippen molar-refractivity contribution in [2.24, 2.45) is 0 Å². The maximum absolute atomic E-state index is 5.36. The van der Waals surface area contributed by atoms with E-state index in [-0.39, 0.29) is 0 Å². The molecule has 100 valence electrons. The Hall–Kier alpha value is -1.82. The molecule has 0 fully saturated rings. The number of nitrogens with one attached hydrogen (secondary N) is 1. The van der Waals surface area contributed by atoms with Crippen molar-refractivity contribution in [1.82, 2.24) is 9.97 Å². The molecule has 1 N–H and O–H groups in total. The second-order valence-electron chi connectivity index (χ2n) is 3.39. The summed E-state index contributed by atoms with van der Waals surface area (Å²) in [5.74, 6) is 1.37. The third-order valence-corrected chi connectivity index (χ3v) is 2.09. The second kappa shape index (κ2) is 8.30. The van der Waals surface area contributed by atoms with Gasteiger partial charge in [-0.25, -0.2) is 0 Å². The molecule has 1 heterocycles. The van der Waals surface area contributed by atoms with Crippen molar-refractivity contribution in [2.45, 2.75) is 6.42 Å². The Bertz CT molecular complexity index is 349. The van der Waals surface area contributed by atoms with E-state index in [4.69, 9.17) is 14.2 Å². The molecule has 0 aromatic carbocycles. The fourth-order valence-electron chi connectivity index (χ4n) is 1.20. The summed E-state index contributed by atoms with van der Waals surface area (Å²) in [5.41, 5.74) is 0. The van der Waals surface area contributed by atoms with Crippen LogP contribution in [0.3, 0.4) is 0 Å². The molecule has 0 saturated carbocycles. The zero-order chi connectivity index (χ0) is 13.2. The number of rotatable bonds is 9. The first-order valence-corrected chi connectivity index (χ1v) is 5.69. The monoisotopic (exact) mass is 253 g/mol. The number of hydrogen-bond donors (Lipinski definition) is 1. The Kier molecular flexibility index (Phi) is 6.56. The number of anilines is 1. The summed E-state index contributed by atoms with van der Waals surface area (Å²) in [6, 6.07) is 1.62. The summed E-state index contributed by atoms with van der Waals surface area (Å²) in [5, 5.41) is 3.04. The van der Waals surface area contributed by atoms with Crippen LogP contribution in [-0.4, -0.2) is 43.9 Å². The van der Waals surface area contributed by atoms with E-state index in [0.717, 1.165) is 6.42 Å². The maximum Gasteiger partial charge on any atom is 0.229 e. The molecule has 0 aliphatic rings. The van der Waals surface area contributed by atoms with E-state index < -0.39 is 0 Å². The van der Waals surface area contributed by atoms with Gasteiger partial charge in [-0.2, -0.15) is 9.97 Å². The molecule has 1 rings (SSSR count). The topological polar surface area (TPSA) is 65.5 Å². The Morgan fingerprint density at radius 3 is 2.44 bits per heavy atom. The van der Waals surface area contributed by atoms with Crippen LogP contribution in [0.4, 0.5) is 5.95 Å². The Labute approximate surface area is 107 Å². The van der Waals surface area contributed by atoms with Crippen LogP contribution >= 0.6 is 0 Å². The van der Waals surface area contributed by atoms with Crippen LogP contribution in [0.1, 0.15) is 6.42 Å². The minimum absolute atomic E-state index is 0.455. The Morgan fingerprint density at radius 1 is 1.22 bits per heavy atom. The fourth-order valence-corrected chi connectivity index (χ4v) is 1.20. The number of nitrogens with zero attached hydrogens (tertiary/aromatic N) is 2. The van der Waals surface area contributed by atoms with E-state index in [1.54, 1.807) is 20.3 Å². The van der Waals surface area contributed by atoms with Crippen LogP contribution in [0.5, 0.6) is 11.8 Å². The molecule has 6 heteroatoms. The van der Waals surface area contributed by atoms with E-state index >= 15 is 0 Å². The molecular weight excluding hydrogens is 234 g/mol. The number of methoxy groups -OCH3 is 2.